The summed E-state index contributed by atoms with van der Waals surface area (Å²) in [6.45, 7) is 1.62. The molecule has 0 aliphatic heterocycles. The lowest BCUT2D eigenvalue weighted by atomic mass is 10.2. The van der Waals surface area contributed by atoms with E-state index in [1.807, 2.05) is 0 Å². The van der Waals surface area contributed by atoms with Crippen LogP contribution in [0.2, 0.25) is 5.02 Å². The van der Waals surface area contributed by atoms with Crippen molar-refractivity contribution in [3.05, 3.63) is 46.3 Å². The first-order chi connectivity index (χ1) is 9.79. The molecule has 0 radical (unpaired) electrons. The van der Waals surface area contributed by atoms with Crippen molar-refractivity contribution < 1.29 is 22.8 Å². The van der Waals surface area contributed by atoms with Crippen molar-refractivity contribution in [1.29, 1.82) is 0 Å². The van der Waals surface area contributed by atoms with E-state index in [9.17, 15) is 13.2 Å². The number of carboxylic acids is 1. The molecule has 0 aliphatic rings. The molecule has 0 spiro atoms. The van der Waals surface area contributed by atoms with Crippen molar-refractivity contribution in [2.24, 2.45) is 0 Å². The lowest BCUT2D eigenvalue weighted by molar-refractivity contribution is 0.0697. The molecule has 0 aliphatic carbocycles. The van der Waals surface area contributed by atoms with Crippen LogP contribution in [-0.4, -0.2) is 24.7 Å². The molecule has 2 rings (SSSR count). The van der Waals surface area contributed by atoms with Gasteiger partial charge in [0.1, 0.15) is 0 Å². The van der Waals surface area contributed by atoms with E-state index in [0.717, 1.165) is 6.07 Å². The second-order valence-corrected chi connectivity index (χ2v) is 6.38. The van der Waals surface area contributed by atoms with Crippen LogP contribution in [0.25, 0.3) is 0 Å². The highest BCUT2D eigenvalue weighted by Crippen LogP contribution is 2.20. The molecule has 21 heavy (non-hydrogen) atoms. The van der Waals surface area contributed by atoms with E-state index >= 15 is 0 Å². The predicted octanol–water partition coefficient (Wildman–Crippen LogP) is 1.81. The van der Waals surface area contributed by atoms with Crippen molar-refractivity contribution in [2.45, 2.75) is 18.4 Å². The van der Waals surface area contributed by atoms with Gasteiger partial charge in [-0.1, -0.05) is 16.8 Å². The van der Waals surface area contributed by atoms with Crippen LogP contribution in [-0.2, 0) is 16.6 Å². The maximum atomic E-state index is 12.1. The lowest BCUT2D eigenvalue weighted by Gasteiger charge is -2.07. The van der Waals surface area contributed by atoms with E-state index in [4.69, 9.17) is 21.2 Å². The molecule has 1 heterocycles. The predicted molar refractivity (Wildman–Crippen MR) is 73.7 cm³/mol. The molecule has 0 fully saturated rings. The average molecular weight is 331 g/mol. The first kappa shape index (κ1) is 15.5. The van der Waals surface area contributed by atoms with Crippen molar-refractivity contribution >= 4 is 27.6 Å². The van der Waals surface area contributed by atoms with Gasteiger partial charge in [0.25, 0.3) is 0 Å². The lowest BCUT2D eigenvalue weighted by Crippen LogP contribution is -2.23. The summed E-state index contributed by atoms with van der Waals surface area (Å²) in [4.78, 5) is 10.8. The number of aromatic nitrogens is 1. The van der Waals surface area contributed by atoms with Crippen LogP contribution < -0.4 is 4.72 Å². The van der Waals surface area contributed by atoms with Gasteiger partial charge in [0.05, 0.1) is 27.7 Å². The van der Waals surface area contributed by atoms with Crippen LogP contribution in [0.5, 0.6) is 0 Å². The van der Waals surface area contributed by atoms with Crippen molar-refractivity contribution in [1.82, 2.24) is 9.88 Å². The molecule has 2 N–H and O–H groups in total. The summed E-state index contributed by atoms with van der Waals surface area (Å²) in [5.41, 5.74) is 0.346. The van der Waals surface area contributed by atoms with Gasteiger partial charge in [-0.15, -0.1) is 0 Å². The maximum absolute atomic E-state index is 12.1. The second-order valence-electron chi connectivity index (χ2n) is 4.21. The molecule has 0 saturated carbocycles. The van der Waals surface area contributed by atoms with Crippen molar-refractivity contribution in [3.63, 3.8) is 0 Å². The molecular weight excluding hydrogens is 320 g/mol. The molecule has 0 amide bonds. The van der Waals surface area contributed by atoms with Gasteiger partial charge in [0.15, 0.2) is 5.76 Å². The number of aromatic carboxylic acids is 1. The van der Waals surface area contributed by atoms with Gasteiger partial charge in [-0.05, 0) is 25.1 Å². The monoisotopic (exact) mass is 330 g/mol. The third-order valence-corrected chi connectivity index (χ3v) is 4.32. The normalized spacial score (nSPS) is 11.5. The summed E-state index contributed by atoms with van der Waals surface area (Å²) < 4.78 is 31.4. The highest BCUT2D eigenvalue weighted by atomic mass is 35.5. The number of carbonyl (C=O) groups is 1. The number of hydrogen-bond donors (Lipinski definition) is 2. The maximum Gasteiger partial charge on any atom is 0.337 e. The minimum Gasteiger partial charge on any atom is -0.478 e. The zero-order valence-electron chi connectivity index (χ0n) is 10.8. The quantitative estimate of drug-likeness (QED) is 0.865. The van der Waals surface area contributed by atoms with Crippen LogP contribution in [0, 0.1) is 6.92 Å². The third kappa shape index (κ3) is 3.60. The summed E-state index contributed by atoms with van der Waals surface area (Å²) >= 11 is 5.70. The molecule has 0 bridgehead atoms. The number of carboxylic acid groups (broad SMARTS) is 1. The summed E-state index contributed by atoms with van der Waals surface area (Å²) in [7, 11) is -3.88. The van der Waals surface area contributed by atoms with Crippen LogP contribution in [0.3, 0.4) is 0 Å². The fraction of sp³-hybridized carbons (Fsp3) is 0.167. The fourth-order valence-electron chi connectivity index (χ4n) is 1.58. The van der Waals surface area contributed by atoms with Crippen molar-refractivity contribution in [2.75, 3.05) is 0 Å². The second kappa shape index (κ2) is 5.84. The number of aryl methyl sites for hydroxylation is 1. The Labute approximate surface area is 125 Å². The molecule has 0 unspecified atom stereocenters. The molecule has 9 heteroatoms. The van der Waals surface area contributed by atoms with Crippen LogP contribution in [0.1, 0.15) is 21.8 Å². The highest BCUT2D eigenvalue weighted by Gasteiger charge is 2.18. The fourth-order valence-corrected chi connectivity index (χ4v) is 2.80. The van der Waals surface area contributed by atoms with Gasteiger partial charge in [-0.3, -0.25) is 0 Å². The van der Waals surface area contributed by atoms with E-state index in [1.165, 1.54) is 12.1 Å². The topological polar surface area (TPSA) is 110 Å². The number of rotatable bonds is 5. The van der Waals surface area contributed by atoms with E-state index in [1.54, 1.807) is 13.0 Å². The average Bonchev–Trinajstić information content (AvgIpc) is 2.82. The largest absolute Gasteiger partial charge is 0.478 e. The summed E-state index contributed by atoms with van der Waals surface area (Å²) in [6, 6.07) is 5.03. The molecule has 112 valence electrons. The molecule has 0 saturated heterocycles. The smallest absolute Gasteiger partial charge is 0.337 e. The van der Waals surface area contributed by atoms with E-state index in [2.05, 4.69) is 9.88 Å². The van der Waals surface area contributed by atoms with E-state index in [0.29, 0.717) is 11.5 Å². The Hall–Kier alpha value is -1.90. The number of halogens is 1. The molecule has 0 atom stereocenters. The van der Waals surface area contributed by atoms with Gasteiger partial charge in [0, 0.05) is 6.07 Å². The van der Waals surface area contributed by atoms with Crippen LogP contribution in [0.15, 0.2) is 33.7 Å². The number of sulfonamides is 1. The number of benzene rings is 1. The number of nitrogens with one attached hydrogen (secondary N) is 1. The minimum atomic E-state index is -3.88. The Morgan fingerprint density at radius 3 is 2.71 bits per heavy atom. The number of hydrogen-bond acceptors (Lipinski definition) is 5. The summed E-state index contributed by atoms with van der Waals surface area (Å²) in [5, 5.41) is 12.5. The van der Waals surface area contributed by atoms with E-state index < -0.39 is 16.0 Å². The third-order valence-electron chi connectivity index (χ3n) is 2.59. The zero-order valence-corrected chi connectivity index (χ0v) is 12.4. The Morgan fingerprint density at radius 2 is 2.14 bits per heavy atom. The Bertz CT molecular complexity index is 785. The zero-order chi connectivity index (χ0) is 15.6. The van der Waals surface area contributed by atoms with Crippen LogP contribution in [0.4, 0.5) is 0 Å². The Morgan fingerprint density at radius 1 is 1.43 bits per heavy atom. The molecule has 1 aromatic heterocycles. The Balaban J connectivity index is 2.23. The number of nitrogens with zero attached hydrogens (tertiary/aromatic N) is 1. The first-order valence-corrected chi connectivity index (χ1v) is 7.60. The minimum absolute atomic E-state index is 0.0349. The molecule has 7 nitrogen and oxygen atoms in total. The van der Waals surface area contributed by atoms with Gasteiger partial charge in [-0.2, -0.15) is 0 Å². The SMILES string of the molecule is Cc1cc(CNS(=O)(=O)c2ccc(Cl)c(C(=O)O)c2)on1. The highest BCUT2D eigenvalue weighted by molar-refractivity contribution is 7.89. The first-order valence-electron chi connectivity index (χ1n) is 5.74. The van der Waals surface area contributed by atoms with Crippen LogP contribution >= 0.6 is 11.6 Å². The summed E-state index contributed by atoms with van der Waals surface area (Å²) in [5.74, 6) is -0.952. The van der Waals surface area contributed by atoms with Gasteiger partial charge < -0.3 is 9.63 Å². The summed E-state index contributed by atoms with van der Waals surface area (Å²) in [6.07, 6.45) is 0. The van der Waals surface area contributed by atoms with E-state index in [-0.39, 0.29) is 22.0 Å². The molecular formula is C12H11ClN2O5S. The molecule has 2 aromatic rings. The standard InChI is InChI=1S/C12H11ClN2O5S/c1-7-4-8(20-15-7)6-14-21(18,19)9-2-3-11(13)10(5-9)12(16)17/h2-5,14H,6H2,1H3,(H,16,17). The molecule has 1 aromatic carbocycles. The Kier molecular flexibility index (Phi) is 4.31. The van der Waals surface area contributed by atoms with Gasteiger partial charge in [0.2, 0.25) is 10.0 Å². The van der Waals surface area contributed by atoms with Gasteiger partial charge >= 0.3 is 5.97 Å². The van der Waals surface area contributed by atoms with Crippen molar-refractivity contribution in [3.8, 4) is 0 Å². The van der Waals surface area contributed by atoms with Gasteiger partial charge in [-0.25, -0.2) is 17.9 Å².